The van der Waals surface area contributed by atoms with E-state index in [-0.39, 0.29) is 0 Å². The fourth-order valence-corrected chi connectivity index (χ4v) is 2.90. The molecular formula is C13H25NO. The van der Waals surface area contributed by atoms with Crippen LogP contribution in [0.25, 0.3) is 0 Å². The van der Waals surface area contributed by atoms with Crippen LogP contribution in [0, 0.1) is 5.92 Å². The van der Waals surface area contributed by atoms with E-state index in [1.807, 2.05) is 0 Å². The van der Waals surface area contributed by atoms with Crippen LogP contribution >= 0.6 is 0 Å². The maximum atomic E-state index is 5.35. The minimum absolute atomic E-state index is 0.738. The molecular weight excluding hydrogens is 186 g/mol. The zero-order valence-corrected chi connectivity index (χ0v) is 9.84. The molecule has 0 aromatic rings. The van der Waals surface area contributed by atoms with Gasteiger partial charge >= 0.3 is 0 Å². The van der Waals surface area contributed by atoms with Crippen molar-refractivity contribution in [2.75, 3.05) is 19.8 Å². The van der Waals surface area contributed by atoms with Crippen molar-refractivity contribution in [1.82, 2.24) is 5.32 Å². The molecule has 1 saturated carbocycles. The summed E-state index contributed by atoms with van der Waals surface area (Å²) in [5.74, 6) is 1.06. The molecule has 15 heavy (non-hydrogen) atoms. The van der Waals surface area contributed by atoms with Gasteiger partial charge in [0, 0.05) is 19.3 Å². The summed E-state index contributed by atoms with van der Waals surface area (Å²) in [7, 11) is 0. The third-order valence-electron chi connectivity index (χ3n) is 3.92. The summed E-state index contributed by atoms with van der Waals surface area (Å²) in [5, 5.41) is 3.67. The van der Waals surface area contributed by atoms with Crippen LogP contribution in [0.5, 0.6) is 0 Å². The van der Waals surface area contributed by atoms with Crippen LogP contribution < -0.4 is 5.32 Å². The van der Waals surface area contributed by atoms with E-state index in [4.69, 9.17) is 4.74 Å². The molecule has 88 valence electrons. The van der Waals surface area contributed by atoms with Gasteiger partial charge in [-0.25, -0.2) is 0 Å². The number of rotatable bonds is 5. The van der Waals surface area contributed by atoms with Crippen molar-refractivity contribution >= 4 is 0 Å². The van der Waals surface area contributed by atoms with E-state index in [0.29, 0.717) is 0 Å². The van der Waals surface area contributed by atoms with E-state index in [2.05, 4.69) is 5.32 Å². The Hall–Kier alpha value is -0.0800. The number of nitrogens with one attached hydrogen (secondary N) is 1. The Morgan fingerprint density at radius 2 is 1.73 bits per heavy atom. The van der Waals surface area contributed by atoms with E-state index in [1.165, 1.54) is 57.9 Å². The molecule has 0 atom stereocenters. The molecule has 0 unspecified atom stereocenters. The van der Waals surface area contributed by atoms with Crippen molar-refractivity contribution in [3.8, 4) is 0 Å². The maximum absolute atomic E-state index is 5.35. The molecule has 0 amide bonds. The van der Waals surface area contributed by atoms with Gasteiger partial charge in [-0.3, -0.25) is 0 Å². The number of ether oxygens (including phenoxy) is 1. The molecule has 1 N–H and O–H groups in total. The third kappa shape index (κ3) is 4.12. The second-order valence-corrected chi connectivity index (χ2v) is 5.13. The Labute approximate surface area is 93.8 Å². The quantitative estimate of drug-likeness (QED) is 0.706. The average Bonchev–Trinajstić information content (AvgIpc) is 2.79. The Bertz CT molecular complexity index is 160. The zero-order chi connectivity index (χ0) is 10.3. The SMILES string of the molecule is C1CCC(CCCNC2CCOCC2)C1. The Morgan fingerprint density at radius 3 is 2.47 bits per heavy atom. The maximum Gasteiger partial charge on any atom is 0.0480 e. The largest absolute Gasteiger partial charge is 0.381 e. The van der Waals surface area contributed by atoms with Gasteiger partial charge in [-0.15, -0.1) is 0 Å². The second kappa shape index (κ2) is 6.49. The normalized spacial score (nSPS) is 24.8. The Balaban J connectivity index is 1.47. The van der Waals surface area contributed by atoms with E-state index in [9.17, 15) is 0 Å². The first kappa shape index (κ1) is 11.4. The fraction of sp³-hybridized carbons (Fsp3) is 1.00. The number of hydrogen-bond acceptors (Lipinski definition) is 2. The van der Waals surface area contributed by atoms with Crippen molar-refractivity contribution in [2.24, 2.45) is 5.92 Å². The van der Waals surface area contributed by atoms with E-state index in [1.54, 1.807) is 0 Å². The minimum Gasteiger partial charge on any atom is -0.381 e. The summed E-state index contributed by atoms with van der Waals surface area (Å²) < 4.78 is 5.35. The molecule has 1 aliphatic heterocycles. The zero-order valence-electron chi connectivity index (χ0n) is 9.84. The summed E-state index contributed by atoms with van der Waals surface area (Å²) >= 11 is 0. The summed E-state index contributed by atoms with van der Waals surface area (Å²) in [4.78, 5) is 0. The average molecular weight is 211 g/mol. The van der Waals surface area contributed by atoms with Crippen molar-refractivity contribution < 1.29 is 4.74 Å². The van der Waals surface area contributed by atoms with Crippen LogP contribution in [0.2, 0.25) is 0 Å². The first-order valence-electron chi connectivity index (χ1n) is 6.76. The van der Waals surface area contributed by atoms with Crippen LogP contribution in [-0.2, 0) is 4.74 Å². The van der Waals surface area contributed by atoms with Gasteiger partial charge in [-0.05, 0) is 38.1 Å². The lowest BCUT2D eigenvalue weighted by Crippen LogP contribution is -2.35. The molecule has 1 heterocycles. The lowest BCUT2D eigenvalue weighted by atomic mass is 10.0. The van der Waals surface area contributed by atoms with Crippen LogP contribution in [0.4, 0.5) is 0 Å². The molecule has 0 bridgehead atoms. The molecule has 0 aromatic carbocycles. The van der Waals surface area contributed by atoms with Crippen molar-refractivity contribution in [3.05, 3.63) is 0 Å². The van der Waals surface area contributed by atoms with Gasteiger partial charge in [0.15, 0.2) is 0 Å². The lowest BCUT2D eigenvalue weighted by Gasteiger charge is -2.23. The number of hydrogen-bond donors (Lipinski definition) is 1. The van der Waals surface area contributed by atoms with Gasteiger partial charge in [-0.2, -0.15) is 0 Å². The lowest BCUT2D eigenvalue weighted by molar-refractivity contribution is 0.0779. The predicted octanol–water partition coefficient (Wildman–Crippen LogP) is 2.73. The standard InChI is InChI=1S/C13H25NO/c1-2-5-12(4-1)6-3-9-14-13-7-10-15-11-8-13/h12-14H,1-11H2. The highest BCUT2D eigenvalue weighted by Crippen LogP contribution is 2.28. The van der Waals surface area contributed by atoms with Gasteiger partial charge in [0.1, 0.15) is 0 Å². The van der Waals surface area contributed by atoms with Gasteiger partial charge < -0.3 is 10.1 Å². The van der Waals surface area contributed by atoms with Crippen molar-refractivity contribution in [2.45, 2.75) is 57.4 Å². The monoisotopic (exact) mass is 211 g/mol. The summed E-state index contributed by atoms with van der Waals surface area (Å²) in [5.41, 5.74) is 0. The molecule has 2 heteroatoms. The molecule has 0 radical (unpaired) electrons. The summed E-state index contributed by atoms with van der Waals surface area (Å²) in [6.45, 7) is 3.14. The van der Waals surface area contributed by atoms with Gasteiger partial charge in [0.05, 0.1) is 0 Å². The minimum atomic E-state index is 0.738. The molecule has 0 spiro atoms. The van der Waals surface area contributed by atoms with E-state index < -0.39 is 0 Å². The third-order valence-corrected chi connectivity index (χ3v) is 3.92. The molecule has 1 aliphatic carbocycles. The first-order chi connectivity index (χ1) is 7.45. The molecule has 2 fully saturated rings. The van der Waals surface area contributed by atoms with E-state index >= 15 is 0 Å². The summed E-state index contributed by atoms with van der Waals surface area (Å²) in [6.07, 6.45) is 11.2. The van der Waals surface area contributed by atoms with Crippen LogP contribution in [0.1, 0.15) is 51.4 Å². The smallest absolute Gasteiger partial charge is 0.0480 e. The Kier molecular flexibility index (Phi) is 4.94. The highest BCUT2D eigenvalue weighted by atomic mass is 16.5. The van der Waals surface area contributed by atoms with Crippen LogP contribution in [0.3, 0.4) is 0 Å². The van der Waals surface area contributed by atoms with Crippen LogP contribution in [-0.4, -0.2) is 25.8 Å². The van der Waals surface area contributed by atoms with Crippen LogP contribution in [0.15, 0.2) is 0 Å². The molecule has 1 saturated heterocycles. The predicted molar refractivity (Wildman–Crippen MR) is 63.0 cm³/mol. The van der Waals surface area contributed by atoms with Gasteiger partial charge in [0.25, 0.3) is 0 Å². The summed E-state index contributed by atoms with van der Waals surface area (Å²) in [6, 6.07) is 0.738. The first-order valence-corrected chi connectivity index (χ1v) is 6.76. The molecule has 0 aromatic heterocycles. The topological polar surface area (TPSA) is 21.3 Å². The highest BCUT2D eigenvalue weighted by molar-refractivity contribution is 4.71. The Morgan fingerprint density at radius 1 is 1.00 bits per heavy atom. The molecule has 2 nitrogen and oxygen atoms in total. The molecule has 2 rings (SSSR count). The highest BCUT2D eigenvalue weighted by Gasteiger charge is 2.15. The second-order valence-electron chi connectivity index (χ2n) is 5.13. The van der Waals surface area contributed by atoms with Crippen molar-refractivity contribution in [1.29, 1.82) is 0 Å². The van der Waals surface area contributed by atoms with Gasteiger partial charge in [0.2, 0.25) is 0 Å². The van der Waals surface area contributed by atoms with E-state index in [0.717, 1.165) is 25.2 Å². The van der Waals surface area contributed by atoms with Gasteiger partial charge in [-0.1, -0.05) is 25.7 Å². The van der Waals surface area contributed by atoms with Crippen molar-refractivity contribution in [3.63, 3.8) is 0 Å². The molecule has 2 aliphatic rings. The fourth-order valence-electron chi connectivity index (χ4n) is 2.90.